The summed E-state index contributed by atoms with van der Waals surface area (Å²) in [6.45, 7) is 4.86. The van der Waals surface area contributed by atoms with Gasteiger partial charge in [-0.15, -0.1) is 11.3 Å². The molecule has 0 bridgehead atoms. The Labute approximate surface area is 122 Å². The van der Waals surface area contributed by atoms with Gasteiger partial charge in [-0.3, -0.25) is 4.40 Å². The van der Waals surface area contributed by atoms with Crippen LogP contribution in [-0.4, -0.2) is 16.4 Å². The molecule has 104 valence electrons. The van der Waals surface area contributed by atoms with Crippen LogP contribution in [0.2, 0.25) is 0 Å². The molecule has 0 saturated carbocycles. The number of aryl methyl sites for hydroxylation is 2. The maximum Gasteiger partial charge on any atom is 0.243 e. The molecular formula is C15H17N3OS. The summed E-state index contributed by atoms with van der Waals surface area (Å²) >= 11 is 1.61. The number of rotatable bonds is 4. The fourth-order valence-corrected chi connectivity index (χ4v) is 3.05. The van der Waals surface area contributed by atoms with Gasteiger partial charge in [-0.05, 0) is 44.2 Å². The number of hydrogen-bond acceptors (Lipinski definition) is 4. The number of fused-ring (bicyclic) bond motifs is 1. The van der Waals surface area contributed by atoms with Crippen molar-refractivity contribution in [2.24, 2.45) is 0 Å². The molecule has 0 atom stereocenters. The molecule has 20 heavy (non-hydrogen) atoms. The van der Waals surface area contributed by atoms with Gasteiger partial charge in [-0.25, -0.2) is 0 Å². The molecule has 1 N–H and O–H groups in total. The molecule has 2 aromatic heterocycles. The van der Waals surface area contributed by atoms with Crippen LogP contribution in [0.5, 0.6) is 11.6 Å². The van der Waals surface area contributed by atoms with Crippen molar-refractivity contribution in [3.05, 3.63) is 46.6 Å². The lowest BCUT2D eigenvalue weighted by molar-refractivity contribution is 0.456. The summed E-state index contributed by atoms with van der Waals surface area (Å²) in [6.07, 6.45) is 2.02. The standard InChI is InChI=1S/C15H17N3OS/c1-10-6-11(2)8-12(7-10)19-14-13(9-16-3)18-4-5-20-15(18)17-14/h4-8,16H,9H2,1-3H3. The second-order valence-electron chi connectivity index (χ2n) is 4.88. The van der Waals surface area contributed by atoms with E-state index in [2.05, 4.69) is 34.6 Å². The zero-order chi connectivity index (χ0) is 14.1. The number of thiazole rings is 1. The maximum atomic E-state index is 6.00. The molecule has 0 saturated heterocycles. The van der Waals surface area contributed by atoms with E-state index in [4.69, 9.17) is 4.74 Å². The van der Waals surface area contributed by atoms with Crippen LogP contribution < -0.4 is 10.1 Å². The third-order valence-electron chi connectivity index (χ3n) is 3.08. The average molecular weight is 287 g/mol. The first kappa shape index (κ1) is 13.1. The van der Waals surface area contributed by atoms with Gasteiger partial charge < -0.3 is 10.1 Å². The zero-order valence-corrected chi connectivity index (χ0v) is 12.6. The topological polar surface area (TPSA) is 38.6 Å². The number of nitrogens with one attached hydrogen (secondary N) is 1. The van der Waals surface area contributed by atoms with Crippen molar-refractivity contribution >= 4 is 16.3 Å². The Morgan fingerprint density at radius 2 is 2.00 bits per heavy atom. The van der Waals surface area contributed by atoms with Gasteiger partial charge >= 0.3 is 0 Å². The van der Waals surface area contributed by atoms with Crippen LogP contribution in [0, 0.1) is 13.8 Å². The van der Waals surface area contributed by atoms with Crippen molar-refractivity contribution in [1.29, 1.82) is 0 Å². The molecule has 0 radical (unpaired) electrons. The van der Waals surface area contributed by atoms with Gasteiger partial charge in [0, 0.05) is 18.1 Å². The predicted molar refractivity (Wildman–Crippen MR) is 81.8 cm³/mol. The smallest absolute Gasteiger partial charge is 0.243 e. The minimum absolute atomic E-state index is 0.677. The number of benzene rings is 1. The number of nitrogens with zero attached hydrogens (tertiary/aromatic N) is 2. The minimum Gasteiger partial charge on any atom is -0.437 e. The molecule has 0 amide bonds. The highest BCUT2D eigenvalue weighted by Gasteiger charge is 2.14. The molecule has 0 aliphatic heterocycles. The highest BCUT2D eigenvalue weighted by molar-refractivity contribution is 7.15. The number of hydrogen-bond donors (Lipinski definition) is 1. The molecule has 3 aromatic rings. The first-order valence-electron chi connectivity index (χ1n) is 6.52. The molecule has 0 aliphatic rings. The van der Waals surface area contributed by atoms with Crippen molar-refractivity contribution in [1.82, 2.24) is 14.7 Å². The van der Waals surface area contributed by atoms with Crippen LogP contribution in [0.15, 0.2) is 29.8 Å². The molecule has 4 nitrogen and oxygen atoms in total. The van der Waals surface area contributed by atoms with Crippen LogP contribution in [0.25, 0.3) is 4.96 Å². The molecule has 0 unspecified atom stereocenters. The highest BCUT2D eigenvalue weighted by atomic mass is 32.1. The molecule has 0 spiro atoms. The molecule has 5 heteroatoms. The van der Waals surface area contributed by atoms with Gasteiger partial charge in [0.2, 0.25) is 5.88 Å². The van der Waals surface area contributed by atoms with E-state index < -0.39 is 0 Å². The third-order valence-corrected chi connectivity index (χ3v) is 3.83. The van der Waals surface area contributed by atoms with Gasteiger partial charge in [0.05, 0.1) is 0 Å². The number of aromatic nitrogens is 2. The summed E-state index contributed by atoms with van der Waals surface area (Å²) in [7, 11) is 1.92. The Bertz CT molecular complexity index is 724. The highest BCUT2D eigenvalue weighted by Crippen LogP contribution is 2.28. The van der Waals surface area contributed by atoms with Crippen molar-refractivity contribution in [2.45, 2.75) is 20.4 Å². The second-order valence-corrected chi connectivity index (χ2v) is 5.75. The predicted octanol–water partition coefficient (Wildman–Crippen LogP) is 3.52. The SMILES string of the molecule is CNCc1c(Oc2cc(C)cc(C)c2)nc2sccn12. The van der Waals surface area contributed by atoms with Crippen molar-refractivity contribution in [2.75, 3.05) is 7.05 Å². The average Bonchev–Trinajstić information content (AvgIpc) is 2.92. The van der Waals surface area contributed by atoms with E-state index in [1.165, 1.54) is 11.1 Å². The van der Waals surface area contributed by atoms with Crippen LogP contribution in [-0.2, 0) is 6.54 Å². The van der Waals surface area contributed by atoms with Crippen LogP contribution in [0.4, 0.5) is 0 Å². The van der Waals surface area contributed by atoms with Crippen LogP contribution >= 0.6 is 11.3 Å². The van der Waals surface area contributed by atoms with E-state index >= 15 is 0 Å². The van der Waals surface area contributed by atoms with E-state index in [-0.39, 0.29) is 0 Å². The lowest BCUT2D eigenvalue weighted by Gasteiger charge is -2.07. The summed E-state index contributed by atoms with van der Waals surface area (Å²) in [5.41, 5.74) is 3.43. The third kappa shape index (κ3) is 2.42. The summed E-state index contributed by atoms with van der Waals surface area (Å²) in [5.74, 6) is 1.52. The largest absolute Gasteiger partial charge is 0.437 e. The number of ether oxygens (including phenoxy) is 1. The summed E-state index contributed by atoms with van der Waals surface area (Å²) in [4.78, 5) is 5.52. The van der Waals surface area contributed by atoms with E-state index in [0.717, 1.165) is 22.9 Å². The van der Waals surface area contributed by atoms with Crippen LogP contribution in [0.3, 0.4) is 0 Å². The minimum atomic E-state index is 0.677. The Morgan fingerprint density at radius 1 is 1.25 bits per heavy atom. The van der Waals surface area contributed by atoms with Gasteiger partial charge in [-0.2, -0.15) is 4.98 Å². The molecular weight excluding hydrogens is 270 g/mol. The first-order valence-corrected chi connectivity index (χ1v) is 7.40. The molecule has 1 aromatic carbocycles. The Kier molecular flexibility index (Phi) is 3.46. The Morgan fingerprint density at radius 3 is 2.70 bits per heavy atom. The van der Waals surface area contributed by atoms with Gasteiger partial charge in [0.25, 0.3) is 0 Å². The van der Waals surface area contributed by atoms with Gasteiger partial charge in [0.15, 0.2) is 4.96 Å². The quantitative estimate of drug-likeness (QED) is 0.798. The summed E-state index contributed by atoms with van der Waals surface area (Å²) < 4.78 is 8.07. The van der Waals surface area contributed by atoms with Crippen molar-refractivity contribution < 1.29 is 4.74 Å². The molecule has 3 rings (SSSR count). The lowest BCUT2D eigenvalue weighted by Crippen LogP contribution is -2.08. The Hall–Kier alpha value is -1.85. The maximum absolute atomic E-state index is 6.00. The van der Waals surface area contributed by atoms with Crippen molar-refractivity contribution in [3.63, 3.8) is 0 Å². The molecule has 2 heterocycles. The monoisotopic (exact) mass is 287 g/mol. The van der Waals surface area contributed by atoms with E-state index in [0.29, 0.717) is 5.88 Å². The Balaban J connectivity index is 2.00. The zero-order valence-electron chi connectivity index (χ0n) is 11.8. The van der Waals surface area contributed by atoms with Gasteiger partial charge in [-0.1, -0.05) is 6.07 Å². The molecule has 0 aliphatic carbocycles. The van der Waals surface area contributed by atoms with Gasteiger partial charge in [0.1, 0.15) is 11.4 Å². The first-order chi connectivity index (χ1) is 9.67. The van der Waals surface area contributed by atoms with Crippen LogP contribution in [0.1, 0.15) is 16.8 Å². The molecule has 0 fully saturated rings. The summed E-state index contributed by atoms with van der Waals surface area (Å²) in [6, 6.07) is 6.19. The van der Waals surface area contributed by atoms with E-state index in [1.54, 1.807) is 11.3 Å². The normalized spacial score (nSPS) is 11.2. The number of imidazole rings is 1. The fraction of sp³-hybridized carbons (Fsp3) is 0.267. The van der Waals surface area contributed by atoms with Crippen molar-refractivity contribution in [3.8, 4) is 11.6 Å². The van der Waals surface area contributed by atoms with E-state index in [1.807, 2.05) is 30.8 Å². The van der Waals surface area contributed by atoms with E-state index in [9.17, 15) is 0 Å². The fourth-order valence-electron chi connectivity index (χ4n) is 2.33. The summed E-state index contributed by atoms with van der Waals surface area (Å²) in [5, 5.41) is 5.19. The second kappa shape index (κ2) is 5.26. The lowest BCUT2D eigenvalue weighted by atomic mass is 10.1.